The third-order valence-corrected chi connectivity index (χ3v) is 2.83. The topological polar surface area (TPSA) is 52.4 Å². The zero-order valence-electron chi connectivity index (χ0n) is 11.6. The number of rotatable bonds is 8. The molecule has 19 heavy (non-hydrogen) atoms. The van der Waals surface area contributed by atoms with Gasteiger partial charge >= 0.3 is 0 Å². The summed E-state index contributed by atoms with van der Waals surface area (Å²) < 4.78 is 5.59. The number of hydrogen-bond donors (Lipinski definition) is 0. The van der Waals surface area contributed by atoms with Crippen LogP contribution < -0.4 is 4.74 Å². The summed E-state index contributed by atoms with van der Waals surface area (Å²) in [6.45, 7) is 4.65. The Labute approximate surface area is 114 Å². The molecule has 0 saturated heterocycles. The number of ether oxygens (including phenoxy) is 1. The molecule has 0 bridgehead atoms. The van der Waals surface area contributed by atoms with E-state index in [1.807, 2.05) is 24.3 Å². The Morgan fingerprint density at radius 2 is 1.95 bits per heavy atom. The second kappa shape index (κ2) is 8.29. The smallest absolute Gasteiger partial charge is 0.246 e. The molecule has 0 saturated carbocycles. The first kappa shape index (κ1) is 15.2. The van der Waals surface area contributed by atoms with Gasteiger partial charge in [-0.25, -0.2) is 0 Å². The molecule has 4 nitrogen and oxygen atoms in total. The van der Waals surface area contributed by atoms with E-state index in [-0.39, 0.29) is 10.6 Å². The van der Waals surface area contributed by atoms with E-state index in [0.29, 0.717) is 6.42 Å². The van der Waals surface area contributed by atoms with Crippen molar-refractivity contribution in [3.8, 4) is 5.75 Å². The molecular weight excluding hydrogens is 242 g/mol. The van der Waals surface area contributed by atoms with Gasteiger partial charge in [0.1, 0.15) is 5.75 Å². The van der Waals surface area contributed by atoms with E-state index in [4.69, 9.17) is 4.74 Å². The van der Waals surface area contributed by atoms with Crippen LogP contribution in [0, 0.1) is 10.1 Å². The third-order valence-electron chi connectivity index (χ3n) is 2.83. The van der Waals surface area contributed by atoms with Crippen LogP contribution in [0.3, 0.4) is 0 Å². The first-order chi connectivity index (χ1) is 9.17. The van der Waals surface area contributed by atoms with Gasteiger partial charge < -0.3 is 4.74 Å². The van der Waals surface area contributed by atoms with Crippen molar-refractivity contribution in [2.45, 2.75) is 39.5 Å². The zero-order chi connectivity index (χ0) is 14.1. The highest BCUT2D eigenvalue weighted by molar-refractivity contribution is 5.52. The van der Waals surface area contributed by atoms with Gasteiger partial charge in [-0.1, -0.05) is 38.8 Å². The number of allylic oxidation sites excluding steroid dienone is 1. The molecule has 0 aliphatic carbocycles. The second-order valence-corrected chi connectivity index (χ2v) is 4.37. The molecule has 0 aliphatic heterocycles. The van der Waals surface area contributed by atoms with Gasteiger partial charge in [-0.05, 0) is 24.1 Å². The second-order valence-electron chi connectivity index (χ2n) is 4.37. The zero-order valence-corrected chi connectivity index (χ0v) is 11.6. The molecule has 104 valence electrons. The molecule has 0 aliphatic rings. The van der Waals surface area contributed by atoms with E-state index in [1.165, 1.54) is 12.8 Å². The number of benzene rings is 1. The van der Waals surface area contributed by atoms with E-state index in [0.717, 1.165) is 24.3 Å². The van der Waals surface area contributed by atoms with Crippen LogP contribution >= 0.6 is 0 Å². The Kier molecular flexibility index (Phi) is 6.64. The molecule has 0 heterocycles. The maximum atomic E-state index is 10.7. The minimum atomic E-state index is -0.338. The van der Waals surface area contributed by atoms with Gasteiger partial charge in [0.25, 0.3) is 0 Å². The van der Waals surface area contributed by atoms with Gasteiger partial charge in [-0.15, -0.1) is 0 Å². The quantitative estimate of drug-likeness (QED) is 0.399. The van der Waals surface area contributed by atoms with Crippen molar-refractivity contribution in [1.82, 2.24) is 0 Å². The van der Waals surface area contributed by atoms with E-state index < -0.39 is 0 Å². The largest absolute Gasteiger partial charge is 0.494 e. The Morgan fingerprint density at radius 3 is 2.47 bits per heavy atom. The molecule has 0 unspecified atom stereocenters. The van der Waals surface area contributed by atoms with Crippen LogP contribution in [0.1, 0.15) is 45.1 Å². The molecule has 0 radical (unpaired) electrons. The van der Waals surface area contributed by atoms with Crippen LogP contribution in [0.5, 0.6) is 5.75 Å². The SMILES string of the molecule is CCCCCOc1ccc(C=C(CC)[N+](=O)[O-])cc1. The summed E-state index contributed by atoms with van der Waals surface area (Å²) in [5.74, 6) is 0.812. The fraction of sp³-hybridized carbons (Fsp3) is 0.467. The van der Waals surface area contributed by atoms with E-state index in [9.17, 15) is 10.1 Å². The highest BCUT2D eigenvalue weighted by Crippen LogP contribution is 2.16. The summed E-state index contributed by atoms with van der Waals surface area (Å²) in [4.78, 5) is 10.4. The molecule has 0 spiro atoms. The number of nitrogens with zero attached hydrogens (tertiary/aromatic N) is 1. The minimum Gasteiger partial charge on any atom is -0.494 e. The summed E-state index contributed by atoms with van der Waals surface area (Å²) in [6, 6.07) is 7.39. The highest BCUT2D eigenvalue weighted by Gasteiger charge is 2.06. The van der Waals surface area contributed by atoms with Crippen LogP contribution in [0.25, 0.3) is 6.08 Å². The fourth-order valence-corrected chi connectivity index (χ4v) is 1.68. The summed E-state index contributed by atoms with van der Waals surface area (Å²) >= 11 is 0. The van der Waals surface area contributed by atoms with Crippen LogP contribution in [-0.2, 0) is 0 Å². The highest BCUT2D eigenvalue weighted by atomic mass is 16.6. The van der Waals surface area contributed by atoms with E-state index in [2.05, 4.69) is 6.92 Å². The van der Waals surface area contributed by atoms with Crippen molar-refractivity contribution >= 4 is 6.08 Å². The number of hydrogen-bond acceptors (Lipinski definition) is 3. The Bertz CT molecular complexity index is 424. The van der Waals surface area contributed by atoms with Gasteiger partial charge in [-0.2, -0.15) is 0 Å². The molecule has 0 atom stereocenters. The summed E-state index contributed by atoms with van der Waals surface area (Å²) in [5, 5.41) is 10.7. The average Bonchev–Trinajstić information content (AvgIpc) is 2.42. The lowest BCUT2D eigenvalue weighted by Crippen LogP contribution is -1.97. The average molecular weight is 263 g/mol. The van der Waals surface area contributed by atoms with E-state index >= 15 is 0 Å². The van der Waals surface area contributed by atoms with Crippen LogP contribution in [0.15, 0.2) is 30.0 Å². The maximum Gasteiger partial charge on any atom is 0.246 e. The van der Waals surface area contributed by atoms with Crippen LogP contribution in [0.4, 0.5) is 0 Å². The molecule has 1 rings (SSSR count). The Morgan fingerprint density at radius 1 is 1.26 bits per heavy atom. The summed E-state index contributed by atoms with van der Waals surface area (Å²) in [5.41, 5.74) is 1.05. The molecule has 1 aromatic rings. The maximum absolute atomic E-state index is 10.7. The van der Waals surface area contributed by atoms with Gasteiger partial charge in [0, 0.05) is 12.5 Å². The molecule has 1 aromatic carbocycles. The molecule has 0 amide bonds. The summed E-state index contributed by atoms with van der Waals surface area (Å²) in [7, 11) is 0. The monoisotopic (exact) mass is 263 g/mol. The number of nitro groups is 1. The van der Waals surface area contributed by atoms with Gasteiger partial charge in [0.2, 0.25) is 5.70 Å². The van der Waals surface area contributed by atoms with Crippen molar-refractivity contribution in [3.05, 3.63) is 45.6 Å². The Balaban J connectivity index is 2.58. The van der Waals surface area contributed by atoms with Crippen molar-refractivity contribution in [2.75, 3.05) is 6.61 Å². The Hall–Kier alpha value is -1.84. The lowest BCUT2D eigenvalue weighted by atomic mass is 10.1. The van der Waals surface area contributed by atoms with Gasteiger partial charge in [0.05, 0.1) is 11.5 Å². The molecular formula is C15H21NO3. The molecule has 0 aromatic heterocycles. The minimum absolute atomic E-state index is 0.219. The first-order valence-electron chi connectivity index (χ1n) is 6.75. The molecule has 0 fully saturated rings. The predicted octanol–water partition coefficient (Wildman–Crippen LogP) is 4.28. The van der Waals surface area contributed by atoms with Crippen molar-refractivity contribution < 1.29 is 9.66 Å². The lowest BCUT2D eigenvalue weighted by Gasteiger charge is -2.05. The standard InChI is InChI=1S/C15H21NO3/c1-3-5-6-11-19-15-9-7-13(8-10-15)12-14(4-2)16(17)18/h7-10,12H,3-6,11H2,1-2H3. The normalized spacial score (nSPS) is 11.4. The van der Waals surface area contributed by atoms with Crippen molar-refractivity contribution in [3.63, 3.8) is 0 Å². The molecule has 0 N–H and O–H groups in total. The molecule has 4 heteroatoms. The lowest BCUT2D eigenvalue weighted by molar-refractivity contribution is -0.425. The van der Waals surface area contributed by atoms with E-state index in [1.54, 1.807) is 13.0 Å². The van der Waals surface area contributed by atoms with Crippen LogP contribution in [0.2, 0.25) is 0 Å². The summed E-state index contributed by atoms with van der Waals surface area (Å²) in [6.07, 6.45) is 5.42. The van der Waals surface area contributed by atoms with Gasteiger partial charge in [-0.3, -0.25) is 10.1 Å². The van der Waals surface area contributed by atoms with Crippen LogP contribution in [-0.4, -0.2) is 11.5 Å². The number of unbranched alkanes of at least 4 members (excludes halogenated alkanes) is 2. The van der Waals surface area contributed by atoms with Crippen molar-refractivity contribution in [2.24, 2.45) is 0 Å². The van der Waals surface area contributed by atoms with Crippen molar-refractivity contribution in [1.29, 1.82) is 0 Å². The fourth-order valence-electron chi connectivity index (χ4n) is 1.68. The first-order valence-corrected chi connectivity index (χ1v) is 6.75. The third kappa shape index (κ3) is 5.55. The predicted molar refractivity (Wildman–Crippen MR) is 76.7 cm³/mol. The van der Waals surface area contributed by atoms with Gasteiger partial charge in [0.15, 0.2) is 0 Å².